The molecular formula is C21H36O2. The number of rotatable bonds is 3. The molecule has 23 heavy (non-hydrogen) atoms. The minimum Gasteiger partial charge on any atom is -0.394 e. The molecule has 4 fully saturated rings. The zero-order chi connectivity index (χ0) is 16.1. The van der Waals surface area contributed by atoms with E-state index >= 15 is 0 Å². The van der Waals surface area contributed by atoms with Crippen molar-refractivity contribution in [3.8, 4) is 0 Å². The van der Waals surface area contributed by atoms with Crippen LogP contribution >= 0.6 is 0 Å². The Morgan fingerprint density at radius 3 is 2.65 bits per heavy atom. The lowest BCUT2D eigenvalue weighted by molar-refractivity contribution is -0.131. The minimum atomic E-state index is 0.170. The van der Waals surface area contributed by atoms with Gasteiger partial charge in [-0.1, -0.05) is 20.3 Å². The van der Waals surface area contributed by atoms with Crippen molar-refractivity contribution in [3.05, 3.63) is 0 Å². The third-order valence-corrected chi connectivity index (χ3v) is 8.84. The molecule has 0 aromatic heterocycles. The standard InChI is InChI=1S/C21H36O2/c1-20-9-3-4-18(20)17-6-5-15-14-16(23-13-12-22)7-11-21(15,2)19(17)8-10-20/h15-19,22H,3-14H2,1-2H3/t15-,16+,17-,18+,19-,20+,21+/m0/s1. The molecule has 0 unspecified atom stereocenters. The number of hydrogen-bond donors (Lipinski definition) is 1. The first kappa shape index (κ1) is 16.4. The van der Waals surface area contributed by atoms with Crippen LogP contribution in [0.2, 0.25) is 0 Å². The highest BCUT2D eigenvalue weighted by Gasteiger charge is 2.57. The van der Waals surface area contributed by atoms with Crippen molar-refractivity contribution in [2.75, 3.05) is 13.2 Å². The summed E-state index contributed by atoms with van der Waals surface area (Å²) >= 11 is 0. The molecule has 4 aliphatic carbocycles. The summed E-state index contributed by atoms with van der Waals surface area (Å²) in [5.74, 6) is 3.90. The van der Waals surface area contributed by atoms with E-state index in [1.165, 1.54) is 64.2 Å². The number of aliphatic hydroxyl groups is 1. The Kier molecular flexibility index (Phi) is 4.29. The zero-order valence-electron chi connectivity index (χ0n) is 15.2. The van der Waals surface area contributed by atoms with Gasteiger partial charge in [0.15, 0.2) is 0 Å². The van der Waals surface area contributed by atoms with Crippen LogP contribution in [0, 0.1) is 34.5 Å². The van der Waals surface area contributed by atoms with Gasteiger partial charge >= 0.3 is 0 Å². The van der Waals surface area contributed by atoms with Crippen molar-refractivity contribution in [2.24, 2.45) is 34.5 Å². The fourth-order valence-electron chi connectivity index (χ4n) is 7.58. The second-order valence-electron chi connectivity index (χ2n) is 9.73. The van der Waals surface area contributed by atoms with Crippen molar-refractivity contribution in [1.82, 2.24) is 0 Å². The van der Waals surface area contributed by atoms with Crippen LogP contribution in [0.4, 0.5) is 0 Å². The Hall–Kier alpha value is -0.0800. The van der Waals surface area contributed by atoms with E-state index in [0.29, 0.717) is 23.5 Å². The summed E-state index contributed by atoms with van der Waals surface area (Å²) < 4.78 is 5.90. The number of ether oxygens (including phenoxy) is 1. The van der Waals surface area contributed by atoms with E-state index in [1.54, 1.807) is 0 Å². The molecule has 2 nitrogen and oxygen atoms in total. The molecular weight excluding hydrogens is 284 g/mol. The van der Waals surface area contributed by atoms with Crippen LogP contribution in [-0.2, 0) is 4.74 Å². The smallest absolute Gasteiger partial charge is 0.0701 e. The Bertz CT molecular complexity index is 436. The lowest BCUT2D eigenvalue weighted by Crippen LogP contribution is -2.53. The van der Waals surface area contributed by atoms with E-state index in [2.05, 4.69) is 13.8 Å². The largest absolute Gasteiger partial charge is 0.394 e. The third-order valence-electron chi connectivity index (χ3n) is 8.84. The van der Waals surface area contributed by atoms with Gasteiger partial charge in [0.05, 0.1) is 19.3 Å². The van der Waals surface area contributed by atoms with Crippen LogP contribution in [0.1, 0.15) is 78.1 Å². The van der Waals surface area contributed by atoms with Crippen molar-refractivity contribution < 1.29 is 9.84 Å². The lowest BCUT2D eigenvalue weighted by Gasteiger charge is -2.60. The molecule has 0 heterocycles. The molecule has 4 rings (SSSR count). The molecule has 1 N–H and O–H groups in total. The van der Waals surface area contributed by atoms with Gasteiger partial charge in [-0.3, -0.25) is 0 Å². The van der Waals surface area contributed by atoms with Crippen molar-refractivity contribution in [1.29, 1.82) is 0 Å². The predicted molar refractivity (Wildman–Crippen MR) is 93.2 cm³/mol. The molecule has 7 atom stereocenters. The van der Waals surface area contributed by atoms with E-state index in [9.17, 15) is 0 Å². The van der Waals surface area contributed by atoms with Crippen molar-refractivity contribution in [3.63, 3.8) is 0 Å². The van der Waals surface area contributed by atoms with Crippen LogP contribution < -0.4 is 0 Å². The van der Waals surface area contributed by atoms with Gasteiger partial charge in [-0.2, -0.15) is 0 Å². The van der Waals surface area contributed by atoms with Gasteiger partial charge in [0, 0.05) is 0 Å². The molecule has 0 spiro atoms. The molecule has 0 radical (unpaired) electrons. The summed E-state index contributed by atoms with van der Waals surface area (Å²) in [4.78, 5) is 0. The maximum absolute atomic E-state index is 9.02. The maximum atomic E-state index is 9.02. The summed E-state index contributed by atoms with van der Waals surface area (Å²) in [5, 5.41) is 9.02. The number of aliphatic hydroxyl groups excluding tert-OH is 1. The Morgan fingerprint density at radius 2 is 1.83 bits per heavy atom. The normalized spacial score (nSPS) is 52.6. The third kappa shape index (κ3) is 2.59. The minimum absolute atomic E-state index is 0.170. The maximum Gasteiger partial charge on any atom is 0.0701 e. The lowest BCUT2D eigenvalue weighted by atomic mass is 9.45. The fraction of sp³-hybridized carbons (Fsp3) is 1.00. The highest BCUT2D eigenvalue weighted by molar-refractivity contribution is 5.07. The molecule has 0 aromatic rings. The second-order valence-corrected chi connectivity index (χ2v) is 9.73. The van der Waals surface area contributed by atoms with Gasteiger partial charge in [-0.05, 0) is 92.3 Å². The van der Waals surface area contributed by atoms with Gasteiger partial charge in [-0.15, -0.1) is 0 Å². The molecule has 0 bridgehead atoms. The highest BCUT2D eigenvalue weighted by atomic mass is 16.5. The van der Waals surface area contributed by atoms with Gasteiger partial charge in [0.1, 0.15) is 0 Å². The zero-order valence-corrected chi connectivity index (χ0v) is 15.2. The molecule has 4 saturated carbocycles. The summed E-state index contributed by atoms with van der Waals surface area (Å²) in [6.45, 7) is 5.94. The SMILES string of the molecule is C[C@]12CCC[C@@H]1[C@@H]1CC[C@H]3C[C@H](OCCO)CC[C@@]3(C)[C@H]1CC2. The van der Waals surface area contributed by atoms with Gasteiger partial charge < -0.3 is 9.84 Å². The Balaban J connectivity index is 1.49. The van der Waals surface area contributed by atoms with Gasteiger partial charge in [-0.25, -0.2) is 0 Å². The quantitative estimate of drug-likeness (QED) is 0.809. The summed E-state index contributed by atoms with van der Waals surface area (Å²) in [5.41, 5.74) is 1.26. The summed E-state index contributed by atoms with van der Waals surface area (Å²) in [6.07, 6.45) is 14.6. The summed E-state index contributed by atoms with van der Waals surface area (Å²) in [6, 6.07) is 0. The van der Waals surface area contributed by atoms with E-state index in [0.717, 1.165) is 23.7 Å². The summed E-state index contributed by atoms with van der Waals surface area (Å²) in [7, 11) is 0. The molecule has 132 valence electrons. The fourth-order valence-corrected chi connectivity index (χ4v) is 7.58. The van der Waals surface area contributed by atoms with Crippen molar-refractivity contribution >= 4 is 0 Å². The van der Waals surface area contributed by atoms with Crippen LogP contribution in [0.3, 0.4) is 0 Å². The van der Waals surface area contributed by atoms with E-state index in [1.807, 2.05) is 0 Å². The van der Waals surface area contributed by atoms with Gasteiger partial charge in [0.2, 0.25) is 0 Å². The first-order valence-corrected chi connectivity index (χ1v) is 10.3. The van der Waals surface area contributed by atoms with Crippen LogP contribution in [-0.4, -0.2) is 24.4 Å². The molecule has 0 amide bonds. The average molecular weight is 321 g/mol. The molecule has 0 saturated heterocycles. The van der Waals surface area contributed by atoms with Crippen LogP contribution in [0.5, 0.6) is 0 Å². The van der Waals surface area contributed by atoms with E-state index in [-0.39, 0.29) is 6.61 Å². The highest BCUT2D eigenvalue weighted by Crippen LogP contribution is 2.66. The topological polar surface area (TPSA) is 29.5 Å². The molecule has 0 aromatic carbocycles. The monoisotopic (exact) mass is 320 g/mol. The molecule has 0 aliphatic heterocycles. The Morgan fingerprint density at radius 1 is 0.957 bits per heavy atom. The average Bonchev–Trinajstić information content (AvgIpc) is 2.94. The first-order valence-electron chi connectivity index (χ1n) is 10.3. The molecule has 2 heteroatoms. The van der Waals surface area contributed by atoms with Crippen LogP contribution in [0.25, 0.3) is 0 Å². The predicted octanol–water partition coefficient (Wildman–Crippen LogP) is 4.80. The second kappa shape index (κ2) is 6.02. The van der Waals surface area contributed by atoms with E-state index in [4.69, 9.17) is 9.84 Å². The number of fused-ring (bicyclic) bond motifs is 5. The van der Waals surface area contributed by atoms with Gasteiger partial charge in [0.25, 0.3) is 0 Å². The number of hydrogen-bond acceptors (Lipinski definition) is 2. The first-order chi connectivity index (χ1) is 11.1. The van der Waals surface area contributed by atoms with Crippen LogP contribution in [0.15, 0.2) is 0 Å². The molecule has 4 aliphatic rings. The van der Waals surface area contributed by atoms with E-state index < -0.39 is 0 Å². The Labute approximate surface area is 142 Å². The van der Waals surface area contributed by atoms with Crippen molar-refractivity contribution in [2.45, 2.75) is 84.2 Å².